The Labute approximate surface area is 242 Å². The molecule has 0 spiro atoms. The molecule has 2 fully saturated rings. The lowest BCUT2D eigenvalue weighted by Crippen LogP contribution is -2.30. The van der Waals surface area contributed by atoms with E-state index in [1.165, 1.54) is 20.3 Å². The summed E-state index contributed by atoms with van der Waals surface area (Å²) in [5.41, 5.74) is 1.59. The van der Waals surface area contributed by atoms with Crippen molar-refractivity contribution in [1.29, 1.82) is 0 Å². The van der Waals surface area contributed by atoms with Crippen LogP contribution in [0, 0.1) is 5.92 Å². The van der Waals surface area contributed by atoms with Gasteiger partial charge in [-0.1, -0.05) is 29.8 Å². The average molecular weight is 588 g/mol. The second-order valence-electron chi connectivity index (χ2n) is 9.71. The van der Waals surface area contributed by atoms with Gasteiger partial charge in [0, 0.05) is 48.7 Å². The Bertz CT molecular complexity index is 1390. The van der Waals surface area contributed by atoms with Gasteiger partial charge in [-0.2, -0.15) is 0 Å². The highest BCUT2D eigenvalue weighted by molar-refractivity contribution is 6.41. The molecule has 2 N–H and O–H groups in total. The lowest BCUT2D eigenvalue weighted by atomic mass is 9.97. The molecule has 0 aliphatic carbocycles. The fourth-order valence-corrected chi connectivity index (χ4v) is 5.65. The van der Waals surface area contributed by atoms with Gasteiger partial charge >= 0.3 is 0 Å². The van der Waals surface area contributed by atoms with Crippen LogP contribution in [0.15, 0.2) is 31.0 Å². The predicted octanol–water partition coefficient (Wildman–Crippen LogP) is 5.18. The molecule has 40 heavy (non-hydrogen) atoms. The smallest absolute Gasteiger partial charge is 0.223 e. The van der Waals surface area contributed by atoms with Gasteiger partial charge in [-0.25, -0.2) is 15.0 Å². The first-order valence-electron chi connectivity index (χ1n) is 13.0. The molecule has 10 nitrogen and oxygen atoms in total. The van der Waals surface area contributed by atoms with Crippen LogP contribution < -0.4 is 20.1 Å². The number of carbonyl (C=O) groups is 1. The van der Waals surface area contributed by atoms with Gasteiger partial charge in [0.1, 0.15) is 17.0 Å². The van der Waals surface area contributed by atoms with Crippen LogP contribution in [0.1, 0.15) is 19.3 Å². The molecule has 4 heterocycles. The number of nitrogens with one attached hydrogen (secondary N) is 2. The normalized spacial score (nSPS) is 20.4. The van der Waals surface area contributed by atoms with Crippen molar-refractivity contribution >= 4 is 51.7 Å². The minimum Gasteiger partial charge on any atom is -0.495 e. The monoisotopic (exact) mass is 587 g/mol. The Morgan fingerprint density at radius 3 is 2.62 bits per heavy atom. The first-order chi connectivity index (χ1) is 19.4. The van der Waals surface area contributed by atoms with Gasteiger partial charge < -0.3 is 29.6 Å². The summed E-state index contributed by atoms with van der Waals surface area (Å²) in [6.45, 7) is 5.80. The van der Waals surface area contributed by atoms with Crippen LogP contribution >= 0.6 is 23.2 Å². The van der Waals surface area contributed by atoms with Crippen LogP contribution in [-0.4, -0.2) is 73.5 Å². The lowest BCUT2D eigenvalue weighted by molar-refractivity contribution is -0.115. The molecule has 0 amide bonds. The van der Waals surface area contributed by atoms with Crippen molar-refractivity contribution in [2.45, 2.75) is 31.4 Å². The molecule has 212 valence electrons. The third-order valence-electron chi connectivity index (χ3n) is 7.12. The van der Waals surface area contributed by atoms with E-state index in [9.17, 15) is 4.79 Å². The third kappa shape index (κ3) is 5.95. The van der Waals surface area contributed by atoms with E-state index in [4.69, 9.17) is 52.1 Å². The number of ketones is 1. The summed E-state index contributed by atoms with van der Waals surface area (Å²) >= 11 is 13.4. The number of aromatic nitrogens is 3. The molecule has 0 radical (unpaired) electrons. The average Bonchev–Trinajstić information content (AvgIpc) is 3.64. The number of benzene rings is 1. The molecular weight excluding hydrogens is 557 g/mol. The number of pyridine rings is 1. The Hall–Kier alpha value is -3.18. The fraction of sp³-hybridized carbons (Fsp3) is 0.429. The van der Waals surface area contributed by atoms with E-state index in [1.54, 1.807) is 12.3 Å². The Kier molecular flexibility index (Phi) is 8.90. The Morgan fingerprint density at radius 1 is 1.18 bits per heavy atom. The van der Waals surface area contributed by atoms with Crippen LogP contribution in [0.3, 0.4) is 0 Å². The first kappa shape index (κ1) is 28.4. The van der Waals surface area contributed by atoms with Gasteiger partial charge in [0.15, 0.2) is 11.6 Å². The molecule has 0 bridgehead atoms. The molecule has 2 aliphatic rings. The fourth-order valence-electron chi connectivity index (χ4n) is 4.95. The van der Waals surface area contributed by atoms with E-state index < -0.39 is 0 Å². The van der Waals surface area contributed by atoms with Crippen LogP contribution in [0.25, 0.3) is 22.2 Å². The molecule has 0 saturated carbocycles. The maximum atomic E-state index is 11.9. The lowest BCUT2D eigenvalue weighted by Gasteiger charge is -2.19. The van der Waals surface area contributed by atoms with Crippen molar-refractivity contribution in [1.82, 2.24) is 15.0 Å². The second kappa shape index (κ2) is 12.6. The molecule has 5 rings (SSSR count). The zero-order valence-electron chi connectivity index (χ0n) is 22.3. The van der Waals surface area contributed by atoms with E-state index >= 15 is 0 Å². The third-order valence-corrected chi connectivity index (χ3v) is 7.87. The first-order valence-corrected chi connectivity index (χ1v) is 13.8. The van der Waals surface area contributed by atoms with Gasteiger partial charge in [-0.05, 0) is 25.0 Å². The standard InChI is InChI=1S/C28H31Cl2N5O5/c1-4-17(36)8-16-13-39-14-20(16)34-28-32-11-15-9-19(23-24(29)21(37-2)10-22(38-3)25(23)30)33-27(26(15)35-28)31-12-18-6-5-7-40-18/h4,9-11,16,18,20H,1,5-8,12-14H2,2-3H3,(H,31,33)(H,32,34,35)/t16-,18+,20+/m0/s1. The molecular formula is C28H31Cl2N5O5. The molecule has 12 heteroatoms. The van der Waals surface area contributed by atoms with E-state index in [2.05, 4.69) is 22.2 Å². The maximum absolute atomic E-state index is 11.9. The predicted molar refractivity (Wildman–Crippen MR) is 155 cm³/mol. The maximum Gasteiger partial charge on any atom is 0.223 e. The van der Waals surface area contributed by atoms with Gasteiger partial charge in [0.25, 0.3) is 0 Å². The quantitative estimate of drug-likeness (QED) is 0.290. The topological polar surface area (TPSA) is 117 Å². The highest BCUT2D eigenvalue weighted by atomic mass is 35.5. The van der Waals surface area contributed by atoms with E-state index in [1.807, 2.05) is 6.07 Å². The van der Waals surface area contributed by atoms with Crippen LogP contribution in [0.5, 0.6) is 11.5 Å². The summed E-state index contributed by atoms with van der Waals surface area (Å²) in [6, 6.07) is 3.35. The van der Waals surface area contributed by atoms with Gasteiger partial charge in [0.05, 0.1) is 55.3 Å². The zero-order chi connectivity index (χ0) is 28.2. The van der Waals surface area contributed by atoms with Crippen LogP contribution in [0.4, 0.5) is 11.8 Å². The SMILES string of the molecule is C=CC(=O)C[C@H]1COC[C@H]1Nc1ncc2cc(-c3c(Cl)c(OC)cc(OC)c3Cl)nc(NC[C@H]3CCCO3)c2n1. The molecule has 1 aromatic carbocycles. The number of hydrogen-bond donors (Lipinski definition) is 2. The van der Waals surface area contributed by atoms with Crippen molar-refractivity contribution < 1.29 is 23.7 Å². The highest BCUT2D eigenvalue weighted by Crippen LogP contribution is 2.46. The molecule has 2 saturated heterocycles. The Morgan fingerprint density at radius 2 is 1.95 bits per heavy atom. The molecule has 2 aliphatic heterocycles. The van der Waals surface area contributed by atoms with Gasteiger partial charge in [-0.15, -0.1) is 0 Å². The Balaban J connectivity index is 1.54. The number of anilines is 2. The largest absolute Gasteiger partial charge is 0.495 e. The minimum absolute atomic E-state index is 0.00488. The number of halogens is 2. The highest BCUT2D eigenvalue weighted by Gasteiger charge is 2.30. The van der Waals surface area contributed by atoms with Crippen molar-refractivity contribution in [2.75, 3.05) is 51.2 Å². The van der Waals surface area contributed by atoms with Crippen molar-refractivity contribution in [3.63, 3.8) is 0 Å². The molecule has 0 unspecified atom stereocenters. The molecule has 3 aromatic rings. The van der Waals surface area contributed by atoms with E-state index in [-0.39, 0.29) is 23.8 Å². The summed E-state index contributed by atoms with van der Waals surface area (Å²) < 4.78 is 22.3. The summed E-state index contributed by atoms with van der Waals surface area (Å²) in [6.07, 6.45) is 5.45. The van der Waals surface area contributed by atoms with E-state index in [0.717, 1.165) is 24.8 Å². The molecule has 2 aromatic heterocycles. The summed E-state index contributed by atoms with van der Waals surface area (Å²) in [4.78, 5) is 26.2. The van der Waals surface area contributed by atoms with Gasteiger partial charge in [0.2, 0.25) is 5.95 Å². The minimum atomic E-state index is -0.112. The zero-order valence-corrected chi connectivity index (χ0v) is 23.8. The van der Waals surface area contributed by atoms with Crippen molar-refractivity contribution in [3.8, 4) is 22.8 Å². The second-order valence-corrected chi connectivity index (χ2v) is 10.5. The van der Waals surface area contributed by atoms with Crippen molar-refractivity contribution in [3.05, 3.63) is 41.0 Å². The summed E-state index contributed by atoms with van der Waals surface area (Å²) in [5, 5.41) is 8.10. The number of fused-ring (bicyclic) bond motifs is 1. The van der Waals surface area contributed by atoms with Gasteiger partial charge in [-0.3, -0.25) is 4.79 Å². The van der Waals surface area contributed by atoms with Crippen molar-refractivity contribution in [2.24, 2.45) is 5.92 Å². The number of rotatable bonds is 11. The number of allylic oxidation sites excluding steroid dienone is 1. The van der Waals surface area contributed by atoms with E-state index in [0.29, 0.717) is 76.3 Å². The van der Waals surface area contributed by atoms with Crippen LogP contribution in [-0.2, 0) is 14.3 Å². The number of ether oxygens (including phenoxy) is 4. The number of nitrogens with zero attached hydrogens (tertiary/aromatic N) is 3. The molecule has 3 atom stereocenters. The number of hydrogen-bond acceptors (Lipinski definition) is 10. The number of carbonyl (C=O) groups excluding carboxylic acids is 1. The summed E-state index contributed by atoms with van der Waals surface area (Å²) in [7, 11) is 3.05. The summed E-state index contributed by atoms with van der Waals surface area (Å²) in [5.74, 6) is 1.73. The number of methoxy groups -OCH3 is 2. The van der Waals surface area contributed by atoms with Crippen LogP contribution in [0.2, 0.25) is 10.0 Å².